The highest BCUT2D eigenvalue weighted by molar-refractivity contribution is 8.23. The van der Waals surface area contributed by atoms with Crippen LogP contribution in [0.1, 0.15) is 11.1 Å². The van der Waals surface area contributed by atoms with E-state index in [9.17, 15) is 4.79 Å². The Balaban J connectivity index is 1.70. The molecule has 0 aliphatic carbocycles. The van der Waals surface area contributed by atoms with Crippen molar-refractivity contribution in [1.29, 1.82) is 0 Å². The molecule has 1 saturated heterocycles. The molecule has 5 nitrogen and oxygen atoms in total. The van der Waals surface area contributed by atoms with Gasteiger partial charge in [-0.1, -0.05) is 47.7 Å². The molecule has 0 aromatic heterocycles. The summed E-state index contributed by atoms with van der Waals surface area (Å²) in [6.07, 6.45) is 1.57. The number of rotatable bonds is 6. The number of carbonyl (C=O) groups excluding carboxylic acids is 1. The molecular weight excluding hydrogens is 392 g/mol. The Morgan fingerprint density at radius 3 is 2.69 bits per heavy atom. The van der Waals surface area contributed by atoms with Gasteiger partial charge in [0.25, 0.3) is 5.91 Å². The third-order valence-electron chi connectivity index (χ3n) is 3.55. The average Bonchev–Trinajstić information content (AvgIpc) is 2.97. The number of ether oxygens (including phenoxy) is 2. The zero-order valence-corrected chi connectivity index (χ0v) is 16.2. The average molecular weight is 407 g/mol. The summed E-state index contributed by atoms with van der Waals surface area (Å²) in [6, 6.07) is 12.9. The number of carbonyl (C=O) groups is 1. The largest absolute Gasteiger partial charge is 0.493 e. The summed E-state index contributed by atoms with van der Waals surface area (Å²) >= 11 is 12.3. The second kappa shape index (κ2) is 8.53. The standard InChI is InChI=1S/C18H15ClN2O3S2/c1-23-16-8-13(9-20-21-17(22)11-26-18(21)25)4-7-15(16)24-10-12-2-5-14(19)6-3-12/h2-9H,10-11H2,1H3/b20-9+. The van der Waals surface area contributed by atoms with Crippen molar-refractivity contribution in [1.82, 2.24) is 5.01 Å². The summed E-state index contributed by atoms with van der Waals surface area (Å²) in [7, 11) is 1.57. The quantitative estimate of drug-likeness (QED) is 0.533. The van der Waals surface area contributed by atoms with Crippen molar-refractivity contribution in [3.05, 3.63) is 58.6 Å². The van der Waals surface area contributed by atoms with Crippen LogP contribution in [0.5, 0.6) is 11.5 Å². The lowest BCUT2D eigenvalue weighted by molar-refractivity contribution is -0.123. The van der Waals surface area contributed by atoms with E-state index in [0.717, 1.165) is 11.1 Å². The summed E-state index contributed by atoms with van der Waals surface area (Å²) < 4.78 is 11.7. The summed E-state index contributed by atoms with van der Waals surface area (Å²) in [5, 5.41) is 6.07. The molecule has 0 bridgehead atoms. The van der Waals surface area contributed by atoms with E-state index in [4.69, 9.17) is 33.3 Å². The smallest absolute Gasteiger partial charge is 0.259 e. The second-order valence-electron chi connectivity index (χ2n) is 5.33. The van der Waals surface area contributed by atoms with Gasteiger partial charge >= 0.3 is 0 Å². The molecule has 134 valence electrons. The minimum Gasteiger partial charge on any atom is -0.493 e. The highest BCUT2D eigenvalue weighted by Gasteiger charge is 2.25. The molecule has 3 rings (SSSR count). The van der Waals surface area contributed by atoms with Gasteiger partial charge in [0.2, 0.25) is 0 Å². The van der Waals surface area contributed by atoms with Crippen LogP contribution in [0.2, 0.25) is 5.02 Å². The molecule has 26 heavy (non-hydrogen) atoms. The zero-order valence-electron chi connectivity index (χ0n) is 13.8. The molecule has 1 heterocycles. The predicted octanol–water partition coefficient (Wildman–Crippen LogP) is 4.12. The first-order valence-electron chi connectivity index (χ1n) is 7.66. The van der Waals surface area contributed by atoms with Gasteiger partial charge in [-0.2, -0.15) is 10.1 Å². The van der Waals surface area contributed by atoms with Crippen LogP contribution in [0.15, 0.2) is 47.6 Å². The van der Waals surface area contributed by atoms with E-state index in [2.05, 4.69) is 5.10 Å². The maximum atomic E-state index is 11.7. The Hall–Kier alpha value is -2.09. The van der Waals surface area contributed by atoms with Crippen LogP contribution in [0.25, 0.3) is 0 Å². The van der Waals surface area contributed by atoms with Crippen molar-refractivity contribution in [3.63, 3.8) is 0 Å². The lowest BCUT2D eigenvalue weighted by Gasteiger charge is -2.12. The van der Waals surface area contributed by atoms with Gasteiger partial charge in [-0.15, -0.1) is 0 Å². The molecule has 0 saturated carbocycles. The van der Waals surface area contributed by atoms with Crippen LogP contribution >= 0.6 is 35.6 Å². The molecule has 1 aliphatic heterocycles. The van der Waals surface area contributed by atoms with Crippen molar-refractivity contribution in [2.75, 3.05) is 12.9 Å². The zero-order chi connectivity index (χ0) is 18.5. The molecule has 2 aromatic carbocycles. The van der Waals surface area contributed by atoms with Crippen molar-refractivity contribution in [2.45, 2.75) is 6.61 Å². The van der Waals surface area contributed by atoms with Crippen LogP contribution in [-0.4, -0.2) is 34.3 Å². The van der Waals surface area contributed by atoms with E-state index in [0.29, 0.717) is 33.2 Å². The van der Waals surface area contributed by atoms with Gasteiger partial charge in [0.05, 0.1) is 19.1 Å². The third-order valence-corrected chi connectivity index (χ3v) is 5.14. The van der Waals surface area contributed by atoms with E-state index in [1.165, 1.54) is 16.8 Å². The summed E-state index contributed by atoms with van der Waals surface area (Å²) in [4.78, 5) is 11.7. The van der Waals surface area contributed by atoms with Crippen LogP contribution in [0, 0.1) is 0 Å². The lowest BCUT2D eigenvalue weighted by Crippen LogP contribution is -2.22. The number of hydrogen-bond donors (Lipinski definition) is 0. The summed E-state index contributed by atoms with van der Waals surface area (Å²) in [5.41, 5.74) is 1.77. The number of thiocarbonyl (C=S) groups is 1. The molecule has 1 aliphatic rings. The number of hydrogen-bond acceptors (Lipinski definition) is 6. The third kappa shape index (κ3) is 4.55. The second-order valence-corrected chi connectivity index (χ2v) is 7.38. The Bertz CT molecular complexity index is 840. The number of halogens is 1. The monoisotopic (exact) mass is 406 g/mol. The van der Waals surface area contributed by atoms with Gasteiger partial charge in [-0.25, -0.2) is 0 Å². The van der Waals surface area contributed by atoms with Crippen LogP contribution in [-0.2, 0) is 11.4 Å². The molecule has 8 heteroatoms. The highest BCUT2D eigenvalue weighted by Crippen LogP contribution is 2.29. The van der Waals surface area contributed by atoms with Crippen LogP contribution in [0.4, 0.5) is 0 Å². The number of nitrogens with zero attached hydrogens (tertiary/aromatic N) is 2. The lowest BCUT2D eigenvalue weighted by atomic mass is 10.2. The minimum atomic E-state index is -0.119. The predicted molar refractivity (Wildman–Crippen MR) is 108 cm³/mol. The van der Waals surface area contributed by atoms with Gasteiger partial charge in [0.1, 0.15) is 6.61 Å². The Kier molecular flexibility index (Phi) is 6.13. The van der Waals surface area contributed by atoms with Crippen molar-refractivity contribution in [3.8, 4) is 11.5 Å². The first-order chi connectivity index (χ1) is 12.6. The van der Waals surface area contributed by atoms with Gasteiger partial charge in [-0.3, -0.25) is 4.79 Å². The fourth-order valence-corrected chi connectivity index (χ4v) is 3.30. The van der Waals surface area contributed by atoms with Gasteiger partial charge in [0, 0.05) is 5.02 Å². The maximum absolute atomic E-state index is 11.7. The van der Waals surface area contributed by atoms with Gasteiger partial charge < -0.3 is 9.47 Å². The first-order valence-corrected chi connectivity index (χ1v) is 9.43. The van der Waals surface area contributed by atoms with E-state index in [-0.39, 0.29) is 5.91 Å². The van der Waals surface area contributed by atoms with E-state index >= 15 is 0 Å². The Morgan fingerprint density at radius 1 is 1.27 bits per heavy atom. The maximum Gasteiger partial charge on any atom is 0.259 e. The fourth-order valence-electron chi connectivity index (χ4n) is 2.21. The van der Waals surface area contributed by atoms with Crippen molar-refractivity contribution < 1.29 is 14.3 Å². The Labute approximate surface area is 165 Å². The van der Waals surface area contributed by atoms with E-state index in [1.807, 2.05) is 30.3 Å². The fraction of sp³-hybridized carbons (Fsp3) is 0.167. The summed E-state index contributed by atoms with van der Waals surface area (Å²) in [6.45, 7) is 0.398. The molecule has 0 radical (unpaired) electrons. The SMILES string of the molecule is COc1cc(/C=N/N2C(=O)CSC2=S)ccc1OCc1ccc(Cl)cc1. The molecule has 1 amide bonds. The molecule has 0 atom stereocenters. The number of methoxy groups -OCH3 is 1. The number of benzene rings is 2. The first kappa shape index (κ1) is 18.7. The van der Waals surface area contributed by atoms with Gasteiger partial charge in [0.15, 0.2) is 15.8 Å². The van der Waals surface area contributed by atoms with E-state index < -0.39 is 0 Å². The number of hydrazone groups is 1. The van der Waals surface area contributed by atoms with Gasteiger partial charge in [-0.05, 0) is 41.5 Å². The molecule has 1 fully saturated rings. The van der Waals surface area contributed by atoms with Crippen molar-refractivity contribution >= 4 is 52.0 Å². The topological polar surface area (TPSA) is 51.1 Å². The molecule has 0 spiro atoms. The Morgan fingerprint density at radius 2 is 2.04 bits per heavy atom. The minimum absolute atomic E-state index is 0.119. The number of amides is 1. The van der Waals surface area contributed by atoms with E-state index in [1.54, 1.807) is 25.5 Å². The van der Waals surface area contributed by atoms with Crippen molar-refractivity contribution in [2.24, 2.45) is 5.10 Å². The highest BCUT2D eigenvalue weighted by atomic mass is 35.5. The normalized spacial score (nSPS) is 14.3. The van der Waals surface area contributed by atoms with Crippen LogP contribution in [0.3, 0.4) is 0 Å². The number of thioether (sulfide) groups is 1. The summed E-state index contributed by atoms with van der Waals surface area (Å²) in [5.74, 6) is 1.40. The molecule has 2 aromatic rings. The van der Waals surface area contributed by atoms with Crippen LogP contribution < -0.4 is 9.47 Å². The molecule has 0 N–H and O–H groups in total. The molecular formula is C18H15ClN2O3S2. The molecule has 0 unspecified atom stereocenters.